The van der Waals surface area contributed by atoms with E-state index in [9.17, 15) is 4.79 Å². The van der Waals surface area contributed by atoms with Crippen LogP contribution in [-0.2, 0) is 11.2 Å². The quantitative estimate of drug-likeness (QED) is 0.673. The molecule has 0 radical (unpaired) electrons. The Bertz CT molecular complexity index is 814. The third-order valence-electron chi connectivity index (χ3n) is 3.62. The molecule has 3 rings (SSSR count). The first-order valence-corrected chi connectivity index (χ1v) is 7.52. The van der Waals surface area contributed by atoms with Crippen molar-refractivity contribution in [2.75, 3.05) is 5.32 Å². The van der Waals surface area contributed by atoms with Crippen LogP contribution >= 0.6 is 0 Å². The van der Waals surface area contributed by atoms with Gasteiger partial charge < -0.3 is 9.73 Å². The van der Waals surface area contributed by atoms with E-state index in [0.717, 1.165) is 28.8 Å². The van der Waals surface area contributed by atoms with Crippen LogP contribution in [0.4, 0.5) is 11.7 Å². The van der Waals surface area contributed by atoms with Gasteiger partial charge in [-0.25, -0.2) is 0 Å². The molecule has 3 aromatic rings. The van der Waals surface area contributed by atoms with E-state index < -0.39 is 0 Å². The van der Waals surface area contributed by atoms with Crippen molar-refractivity contribution >= 4 is 28.6 Å². The molecular formula is C19H18N2O2. The molecule has 2 aromatic carbocycles. The number of nitrogens with one attached hydrogen (secondary N) is 1. The Morgan fingerprint density at radius 3 is 2.61 bits per heavy atom. The molecule has 0 aliphatic rings. The lowest BCUT2D eigenvalue weighted by molar-refractivity contribution is -0.115. The van der Waals surface area contributed by atoms with Crippen LogP contribution in [0.1, 0.15) is 18.9 Å². The number of nitrogens with zero attached hydrogens (tertiary/aromatic N) is 1. The van der Waals surface area contributed by atoms with Crippen molar-refractivity contribution in [3.05, 3.63) is 66.2 Å². The summed E-state index contributed by atoms with van der Waals surface area (Å²) in [7, 11) is 0. The van der Waals surface area contributed by atoms with Gasteiger partial charge in [0.15, 0.2) is 11.4 Å². The van der Waals surface area contributed by atoms with Gasteiger partial charge in [-0.3, -0.25) is 4.79 Å². The number of hydrogen-bond acceptors (Lipinski definition) is 4. The fourth-order valence-electron chi connectivity index (χ4n) is 2.28. The average molecular weight is 306 g/mol. The van der Waals surface area contributed by atoms with Crippen LogP contribution in [0.2, 0.25) is 0 Å². The summed E-state index contributed by atoms with van der Waals surface area (Å²) >= 11 is 0. The number of rotatable bonds is 6. The van der Waals surface area contributed by atoms with Crippen molar-refractivity contribution in [2.45, 2.75) is 19.8 Å². The van der Waals surface area contributed by atoms with E-state index in [0.29, 0.717) is 18.0 Å². The molecule has 4 heteroatoms. The zero-order valence-corrected chi connectivity index (χ0v) is 13.0. The lowest BCUT2D eigenvalue weighted by Gasteiger charge is -2.04. The molecule has 116 valence electrons. The van der Waals surface area contributed by atoms with Gasteiger partial charge in [-0.05, 0) is 48.7 Å². The van der Waals surface area contributed by atoms with E-state index in [4.69, 9.17) is 4.42 Å². The number of benzene rings is 2. The highest BCUT2D eigenvalue weighted by Gasteiger charge is 2.06. The molecule has 0 aliphatic carbocycles. The van der Waals surface area contributed by atoms with E-state index in [1.165, 1.54) is 0 Å². The number of aryl methyl sites for hydroxylation is 1. The van der Waals surface area contributed by atoms with Crippen LogP contribution in [0.5, 0.6) is 0 Å². The number of para-hydroxylation sites is 2. The third kappa shape index (κ3) is 3.66. The second-order valence-electron chi connectivity index (χ2n) is 5.51. The maximum absolute atomic E-state index is 11.6. The summed E-state index contributed by atoms with van der Waals surface area (Å²) in [5.74, 6) is 0.110. The molecule has 23 heavy (non-hydrogen) atoms. The molecule has 0 bridgehead atoms. The van der Waals surface area contributed by atoms with Crippen LogP contribution < -0.4 is 5.32 Å². The minimum absolute atomic E-state index is 0.110. The van der Waals surface area contributed by atoms with Gasteiger partial charge in [-0.15, -0.1) is 0 Å². The fraction of sp³-hybridized carbons (Fsp3) is 0.158. The summed E-state index contributed by atoms with van der Waals surface area (Å²) < 4.78 is 5.63. The summed E-state index contributed by atoms with van der Waals surface area (Å²) in [4.78, 5) is 16.0. The van der Waals surface area contributed by atoms with Gasteiger partial charge in [0.05, 0.1) is 0 Å². The van der Waals surface area contributed by atoms with Crippen LogP contribution in [0.25, 0.3) is 11.1 Å². The number of carbonyl (C=O) groups excluding carboxylic acids is 1. The molecule has 1 heterocycles. The zero-order valence-electron chi connectivity index (χ0n) is 13.0. The Kier molecular flexibility index (Phi) is 4.24. The first-order chi connectivity index (χ1) is 11.1. The number of anilines is 2. The minimum Gasteiger partial charge on any atom is -0.423 e. The summed E-state index contributed by atoms with van der Waals surface area (Å²) in [6.45, 7) is 5.42. The number of Topliss-reactive ketones (excluding diaryl/α,β-unsaturated/α-hetero) is 1. The molecule has 0 fully saturated rings. The molecule has 0 unspecified atom stereocenters. The Morgan fingerprint density at radius 2 is 1.91 bits per heavy atom. The van der Waals surface area contributed by atoms with Gasteiger partial charge >= 0.3 is 0 Å². The standard InChI is InChI=1S/C19H18N2O2/c1-13(2)17(22)12-9-14-7-10-15(11-8-14)20-19-21-16-5-3-4-6-18(16)23-19/h3-8,10-11H,1,9,12H2,2H3,(H,20,21). The van der Waals surface area contributed by atoms with Gasteiger partial charge in [0.25, 0.3) is 6.01 Å². The number of hydrogen-bond donors (Lipinski definition) is 1. The average Bonchev–Trinajstić information content (AvgIpc) is 2.96. The zero-order chi connectivity index (χ0) is 16.2. The second-order valence-corrected chi connectivity index (χ2v) is 5.51. The molecule has 0 spiro atoms. The van der Waals surface area contributed by atoms with E-state index in [-0.39, 0.29) is 5.78 Å². The third-order valence-corrected chi connectivity index (χ3v) is 3.62. The van der Waals surface area contributed by atoms with Crippen molar-refractivity contribution in [3.8, 4) is 0 Å². The maximum atomic E-state index is 11.6. The number of ketones is 1. The molecule has 0 aliphatic heterocycles. The smallest absolute Gasteiger partial charge is 0.300 e. The van der Waals surface area contributed by atoms with Crippen molar-refractivity contribution in [1.82, 2.24) is 4.98 Å². The normalized spacial score (nSPS) is 10.7. The van der Waals surface area contributed by atoms with E-state index in [1.807, 2.05) is 48.5 Å². The predicted molar refractivity (Wildman–Crippen MR) is 91.9 cm³/mol. The Balaban J connectivity index is 1.65. The van der Waals surface area contributed by atoms with Crippen LogP contribution in [0, 0.1) is 0 Å². The summed E-state index contributed by atoms with van der Waals surface area (Å²) in [6, 6.07) is 16.0. The number of aromatic nitrogens is 1. The highest BCUT2D eigenvalue weighted by atomic mass is 16.4. The topological polar surface area (TPSA) is 55.1 Å². The van der Waals surface area contributed by atoms with Gasteiger partial charge in [0.1, 0.15) is 5.52 Å². The number of fused-ring (bicyclic) bond motifs is 1. The lowest BCUT2D eigenvalue weighted by atomic mass is 10.0. The van der Waals surface area contributed by atoms with Gasteiger partial charge in [0, 0.05) is 12.1 Å². The SMILES string of the molecule is C=C(C)C(=O)CCc1ccc(Nc2nc3ccccc3o2)cc1. The van der Waals surface area contributed by atoms with Gasteiger partial charge in [-0.2, -0.15) is 4.98 Å². The van der Waals surface area contributed by atoms with E-state index in [2.05, 4.69) is 16.9 Å². The van der Waals surface area contributed by atoms with Crippen molar-refractivity contribution < 1.29 is 9.21 Å². The second kappa shape index (κ2) is 6.48. The van der Waals surface area contributed by atoms with E-state index >= 15 is 0 Å². The van der Waals surface area contributed by atoms with Crippen molar-refractivity contribution in [3.63, 3.8) is 0 Å². The highest BCUT2D eigenvalue weighted by molar-refractivity contribution is 5.94. The van der Waals surface area contributed by atoms with Crippen LogP contribution in [-0.4, -0.2) is 10.8 Å². The summed E-state index contributed by atoms with van der Waals surface area (Å²) in [6.07, 6.45) is 1.21. The monoisotopic (exact) mass is 306 g/mol. The van der Waals surface area contributed by atoms with Crippen molar-refractivity contribution in [2.24, 2.45) is 0 Å². The minimum atomic E-state index is 0.110. The first kappa shape index (κ1) is 15.0. The number of carbonyl (C=O) groups is 1. The van der Waals surface area contributed by atoms with Gasteiger partial charge in [-0.1, -0.05) is 30.8 Å². The lowest BCUT2D eigenvalue weighted by Crippen LogP contribution is -2.00. The summed E-state index contributed by atoms with van der Waals surface area (Å²) in [5, 5.41) is 3.14. The molecule has 1 N–H and O–H groups in total. The maximum Gasteiger partial charge on any atom is 0.300 e. The molecule has 0 atom stereocenters. The van der Waals surface area contributed by atoms with E-state index in [1.54, 1.807) is 6.92 Å². The van der Waals surface area contributed by atoms with Gasteiger partial charge in [0.2, 0.25) is 0 Å². The molecule has 0 saturated carbocycles. The molecule has 0 amide bonds. The number of oxazole rings is 1. The first-order valence-electron chi connectivity index (χ1n) is 7.52. The highest BCUT2D eigenvalue weighted by Crippen LogP contribution is 2.22. The Hall–Kier alpha value is -2.88. The Labute approximate surface area is 134 Å². The van der Waals surface area contributed by atoms with Crippen molar-refractivity contribution in [1.29, 1.82) is 0 Å². The number of allylic oxidation sites excluding steroid dienone is 1. The molecular weight excluding hydrogens is 288 g/mol. The van der Waals surface area contributed by atoms with Crippen LogP contribution in [0.15, 0.2) is 65.1 Å². The molecule has 0 saturated heterocycles. The summed E-state index contributed by atoms with van der Waals surface area (Å²) in [5.41, 5.74) is 4.20. The largest absolute Gasteiger partial charge is 0.423 e. The van der Waals surface area contributed by atoms with Crippen LogP contribution in [0.3, 0.4) is 0 Å². The fourth-order valence-corrected chi connectivity index (χ4v) is 2.28. The molecule has 1 aromatic heterocycles. The Morgan fingerprint density at radius 1 is 1.17 bits per heavy atom. The molecule has 4 nitrogen and oxygen atoms in total. The predicted octanol–water partition coefficient (Wildman–Crippen LogP) is 4.65.